The average Bonchev–Trinajstić information content (AvgIpc) is 2.62. The molecule has 0 aliphatic carbocycles. The van der Waals surface area contributed by atoms with E-state index in [1.807, 2.05) is 29.6 Å². The summed E-state index contributed by atoms with van der Waals surface area (Å²) in [6.45, 7) is 1.85. The van der Waals surface area contributed by atoms with Crippen molar-refractivity contribution in [3.63, 3.8) is 0 Å². The number of amides is 1. The molecule has 1 aliphatic rings. The number of nitrogens with zero attached hydrogens (tertiary/aromatic N) is 1. The van der Waals surface area contributed by atoms with Crippen LogP contribution in [0.3, 0.4) is 0 Å². The SMILES string of the molecule is CN1CCC(NC(=O)c2cc(F)cc(I)c2)C1. The molecule has 0 spiro atoms. The predicted molar refractivity (Wildman–Crippen MR) is 72.5 cm³/mol. The van der Waals surface area contributed by atoms with E-state index in [0.29, 0.717) is 5.56 Å². The zero-order valence-corrected chi connectivity index (χ0v) is 11.7. The molecule has 1 aromatic carbocycles. The van der Waals surface area contributed by atoms with Crippen LogP contribution < -0.4 is 5.32 Å². The van der Waals surface area contributed by atoms with E-state index in [0.717, 1.165) is 23.1 Å². The molecule has 3 nitrogen and oxygen atoms in total. The van der Waals surface area contributed by atoms with E-state index >= 15 is 0 Å². The highest BCUT2D eigenvalue weighted by Gasteiger charge is 2.21. The summed E-state index contributed by atoms with van der Waals surface area (Å²) in [5, 5.41) is 2.93. The molecule has 1 saturated heterocycles. The van der Waals surface area contributed by atoms with Crippen LogP contribution in [0.5, 0.6) is 0 Å². The molecule has 0 bridgehead atoms. The monoisotopic (exact) mass is 348 g/mol. The Kier molecular flexibility index (Phi) is 3.98. The minimum absolute atomic E-state index is 0.174. The zero-order chi connectivity index (χ0) is 12.4. The van der Waals surface area contributed by atoms with Crippen molar-refractivity contribution in [2.75, 3.05) is 20.1 Å². The number of hydrogen-bond acceptors (Lipinski definition) is 2. The molecule has 1 fully saturated rings. The lowest BCUT2D eigenvalue weighted by Crippen LogP contribution is -2.36. The van der Waals surface area contributed by atoms with Gasteiger partial charge in [-0.05, 0) is 60.8 Å². The summed E-state index contributed by atoms with van der Waals surface area (Å²) in [6.07, 6.45) is 0.953. The fourth-order valence-corrected chi connectivity index (χ4v) is 2.64. The first-order valence-electron chi connectivity index (χ1n) is 5.50. The molecule has 1 heterocycles. The van der Waals surface area contributed by atoms with Crippen LogP contribution in [0.25, 0.3) is 0 Å². The minimum atomic E-state index is -0.370. The fourth-order valence-electron chi connectivity index (χ4n) is 2.01. The van der Waals surface area contributed by atoms with E-state index in [1.54, 1.807) is 6.07 Å². The van der Waals surface area contributed by atoms with Crippen molar-refractivity contribution in [1.29, 1.82) is 0 Å². The third-order valence-corrected chi connectivity index (χ3v) is 3.47. The van der Waals surface area contributed by atoms with Gasteiger partial charge in [-0.3, -0.25) is 4.79 Å². The van der Waals surface area contributed by atoms with Gasteiger partial charge in [-0.2, -0.15) is 0 Å². The number of halogens is 2. The molecule has 1 aromatic rings. The van der Waals surface area contributed by atoms with Crippen molar-refractivity contribution < 1.29 is 9.18 Å². The van der Waals surface area contributed by atoms with E-state index in [-0.39, 0.29) is 17.8 Å². The van der Waals surface area contributed by atoms with Crippen LogP contribution in [0.4, 0.5) is 4.39 Å². The van der Waals surface area contributed by atoms with Crippen LogP contribution in [0.1, 0.15) is 16.8 Å². The number of nitrogens with one attached hydrogen (secondary N) is 1. The van der Waals surface area contributed by atoms with Crippen LogP contribution in [0.2, 0.25) is 0 Å². The van der Waals surface area contributed by atoms with Gasteiger partial charge < -0.3 is 10.2 Å². The molecule has 1 atom stereocenters. The van der Waals surface area contributed by atoms with Crippen molar-refractivity contribution in [2.24, 2.45) is 0 Å². The lowest BCUT2D eigenvalue weighted by atomic mass is 10.2. The van der Waals surface area contributed by atoms with E-state index in [1.165, 1.54) is 12.1 Å². The maximum atomic E-state index is 13.2. The van der Waals surface area contributed by atoms with Gasteiger partial charge in [-0.25, -0.2) is 4.39 Å². The van der Waals surface area contributed by atoms with E-state index in [4.69, 9.17) is 0 Å². The predicted octanol–water partition coefficient (Wildman–Crippen LogP) is 1.86. The van der Waals surface area contributed by atoms with Gasteiger partial charge in [0.05, 0.1) is 0 Å². The fraction of sp³-hybridized carbons (Fsp3) is 0.417. The summed E-state index contributed by atoms with van der Waals surface area (Å²) < 4.78 is 13.9. The molecule has 0 saturated carbocycles. The van der Waals surface area contributed by atoms with Crippen molar-refractivity contribution >= 4 is 28.5 Å². The molecule has 0 radical (unpaired) electrons. The van der Waals surface area contributed by atoms with Crippen LogP contribution in [0, 0.1) is 9.39 Å². The van der Waals surface area contributed by atoms with Crippen LogP contribution in [-0.2, 0) is 0 Å². The van der Waals surface area contributed by atoms with Gasteiger partial charge in [-0.15, -0.1) is 0 Å². The number of hydrogen-bond donors (Lipinski definition) is 1. The highest BCUT2D eigenvalue weighted by Crippen LogP contribution is 2.13. The first kappa shape index (κ1) is 12.8. The van der Waals surface area contributed by atoms with Crippen molar-refractivity contribution in [1.82, 2.24) is 10.2 Å². The summed E-state index contributed by atoms with van der Waals surface area (Å²) in [6, 6.07) is 4.54. The Bertz CT molecular complexity index is 418. The number of benzene rings is 1. The van der Waals surface area contributed by atoms with Crippen molar-refractivity contribution in [3.05, 3.63) is 33.1 Å². The first-order chi connectivity index (χ1) is 8.04. The number of likely N-dealkylation sites (N-methyl/N-ethyl adjacent to an activating group) is 1. The number of likely N-dealkylation sites (tertiary alicyclic amines) is 1. The largest absolute Gasteiger partial charge is 0.348 e. The summed E-state index contributed by atoms with van der Waals surface area (Å²) in [7, 11) is 2.03. The van der Waals surface area contributed by atoms with Gasteiger partial charge in [0.2, 0.25) is 0 Å². The Morgan fingerprint density at radius 2 is 2.29 bits per heavy atom. The molecule has 1 N–H and O–H groups in total. The van der Waals surface area contributed by atoms with E-state index in [2.05, 4.69) is 10.2 Å². The Morgan fingerprint density at radius 1 is 1.53 bits per heavy atom. The molecular formula is C12H14FIN2O. The standard InChI is InChI=1S/C12H14FIN2O/c1-16-3-2-11(7-16)15-12(17)8-4-9(13)6-10(14)5-8/h4-6,11H,2-3,7H2,1H3,(H,15,17). The number of carbonyl (C=O) groups excluding carboxylic acids is 1. The zero-order valence-electron chi connectivity index (χ0n) is 9.54. The van der Waals surface area contributed by atoms with Gasteiger partial charge in [0.25, 0.3) is 5.91 Å². The van der Waals surface area contributed by atoms with E-state index < -0.39 is 0 Å². The van der Waals surface area contributed by atoms with Gasteiger partial charge in [-0.1, -0.05) is 0 Å². The highest BCUT2D eigenvalue weighted by atomic mass is 127. The molecular weight excluding hydrogens is 334 g/mol. The summed E-state index contributed by atoms with van der Waals surface area (Å²) >= 11 is 2.00. The molecule has 2 rings (SSSR count). The smallest absolute Gasteiger partial charge is 0.251 e. The molecule has 5 heteroatoms. The molecule has 0 aromatic heterocycles. The Morgan fingerprint density at radius 3 is 2.88 bits per heavy atom. The van der Waals surface area contributed by atoms with Crippen molar-refractivity contribution in [2.45, 2.75) is 12.5 Å². The minimum Gasteiger partial charge on any atom is -0.348 e. The molecule has 1 unspecified atom stereocenters. The molecule has 17 heavy (non-hydrogen) atoms. The van der Waals surface area contributed by atoms with Crippen LogP contribution in [0.15, 0.2) is 18.2 Å². The third-order valence-electron chi connectivity index (χ3n) is 2.85. The van der Waals surface area contributed by atoms with Gasteiger partial charge in [0.15, 0.2) is 0 Å². The van der Waals surface area contributed by atoms with Crippen molar-refractivity contribution in [3.8, 4) is 0 Å². The Labute approximate surface area is 114 Å². The normalized spacial score (nSPS) is 20.5. The van der Waals surface area contributed by atoms with Gasteiger partial charge in [0.1, 0.15) is 5.82 Å². The second kappa shape index (κ2) is 5.30. The van der Waals surface area contributed by atoms with E-state index in [9.17, 15) is 9.18 Å². The second-order valence-electron chi connectivity index (χ2n) is 4.38. The van der Waals surface area contributed by atoms with Gasteiger partial charge >= 0.3 is 0 Å². The summed E-state index contributed by atoms with van der Waals surface area (Å²) in [4.78, 5) is 14.1. The number of carbonyl (C=O) groups is 1. The molecule has 92 valence electrons. The Hall–Kier alpha value is -0.690. The third kappa shape index (κ3) is 3.38. The Balaban J connectivity index is 2.04. The first-order valence-corrected chi connectivity index (χ1v) is 6.58. The quantitative estimate of drug-likeness (QED) is 0.828. The topological polar surface area (TPSA) is 32.3 Å². The maximum absolute atomic E-state index is 13.2. The highest BCUT2D eigenvalue weighted by molar-refractivity contribution is 14.1. The van der Waals surface area contributed by atoms with Gasteiger partial charge in [0, 0.05) is 21.7 Å². The summed E-state index contributed by atoms with van der Waals surface area (Å²) in [5.74, 6) is -0.562. The maximum Gasteiger partial charge on any atom is 0.251 e. The second-order valence-corrected chi connectivity index (χ2v) is 5.63. The summed E-state index contributed by atoms with van der Waals surface area (Å²) in [5.41, 5.74) is 0.393. The molecule has 1 aliphatic heterocycles. The average molecular weight is 348 g/mol. The lowest BCUT2D eigenvalue weighted by molar-refractivity contribution is 0.0938. The van der Waals surface area contributed by atoms with Crippen LogP contribution >= 0.6 is 22.6 Å². The number of rotatable bonds is 2. The molecule has 1 amide bonds. The lowest BCUT2D eigenvalue weighted by Gasteiger charge is -2.13. The van der Waals surface area contributed by atoms with Crippen LogP contribution in [-0.4, -0.2) is 37.0 Å².